The van der Waals surface area contributed by atoms with Crippen LogP contribution in [0.4, 0.5) is 17.6 Å². The van der Waals surface area contributed by atoms with Crippen LogP contribution >= 0.6 is 11.8 Å². The van der Waals surface area contributed by atoms with E-state index >= 15 is 0 Å². The third-order valence-electron chi connectivity index (χ3n) is 3.84. The molecule has 1 fully saturated rings. The van der Waals surface area contributed by atoms with Crippen LogP contribution < -0.4 is 4.84 Å². The quantitative estimate of drug-likeness (QED) is 0.659. The van der Waals surface area contributed by atoms with Crippen LogP contribution in [-0.4, -0.2) is 19.5 Å². The predicted molar refractivity (Wildman–Crippen MR) is 73.7 cm³/mol. The Balaban J connectivity index is 2.35. The largest absolute Gasteiger partial charge is 0.416 e. The summed E-state index contributed by atoms with van der Waals surface area (Å²) >= 11 is 5.43. The smallest absolute Gasteiger partial charge is 0.230 e. The number of alkyl halides is 4. The average Bonchev–Trinajstić information content (AvgIpc) is 2.47. The van der Waals surface area contributed by atoms with Gasteiger partial charge in [-0.15, -0.1) is 0 Å². The molecule has 0 radical (unpaired) electrons. The molecule has 9 heteroatoms. The summed E-state index contributed by atoms with van der Waals surface area (Å²) in [5, 5.41) is -2.57. The van der Waals surface area contributed by atoms with E-state index < -0.39 is 31.5 Å². The van der Waals surface area contributed by atoms with E-state index in [1.54, 1.807) is 0 Å². The molecule has 22 heavy (non-hydrogen) atoms. The number of hydrogen-bond donors (Lipinski definition) is 1. The maximum absolute atomic E-state index is 14.8. The lowest BCUT2D eigenvalue weighted by Gasteiger charge is -2.32. The van der Waals surface area contributed by atoms with Gasteiger partial charge in [-0.2, -0.15) is 13.2 Å². The molecule has 1 aromatic carbocycles. The number of halogens is 5. The summed E-state index contributed by atoms with van der Waals surface area (Å²) < 4.78 is 77.6. The molecule has 1 saturated carbocycles. The highest BCUT2D eigenvalue weighted by molar-refractivity contribution is 7.92. The van der Waals surface area contributed by atoms with Crippen LogP contribution in [0.15, 0.2) is 29.2 Å². The van der Waals surface area contributed by atoms with Crippen molar-refractivity contribution in [3.8, 4) is 0 Å². The van der Waals surface area contributed by atoms with Crippen LogP contribution in [0.3, 0.4) is 0 Å². The summed E-state index contributed by atoms with van der Waals surface area (Å²) in [4.78, 5) is 1.77. The van der Waals surface area contributed by atoms with Crippen molar-refractivity contribution in [3.05, 3.63) is 29.8 Å². The molecule has 3 nitrogen and oxygen atoms in total. The first-order valence-electron chi connectivity index (χ1n) is 6.57. The summed E-state index contributed by atoms with van der Waals surface area (Å²) in [6.07, 6.45) is -4.92. The van der Waals surface area contributed by atoms with Gasteiger partial charge in [0.2, 0.25) is 14.8 Å². The zero-order chi connectivity index (χ0) is 16.6. The topological polar surface area (TPSA) is 46.2 Å². The molecule has 0 saturated heterocycles. The first-order chi connectivity index (χ1) is 10.1. The molecule has 1 aromatic rings. The van der Waals surface area contributed by atoms with Crippen LogP contribution in [0, 0.1) is 0 Å². The van der Waals surface area contributed by atoms with E-state index in [9.17, 15) is 26.0 Å². The van der Waals surface area contributed by atoms with Crippen LogP contribution in [0.5, 0.6) is 0 Å². The van der Waals surface area contributed by atoms with Gasteiger partial charge in [-0.3, -0.25) is 0 Å². The molecule has 0 aromatic heterocycles. The van der Waals surface area contributed by atoms with Crippen molar-refractivity contribution in [1.82, 2.24) is 4.84 Å². The Hall–Kier alpha value is -0.860. The summed E-state index contributed by atoms with van der Waals surface area (Å²) in [5.74, 6) is 0. The predicted octanol–water partition coefficient (Wildman–Crippen LogP) is 3.83. The number of sulfone groups is 1. The van der Waals surface area contributed by atoms with Crippen molar-refractivity contribution >= 4 is 21.6 Å². The van der Waals surface area contributed by atoms with Crippen molar-refractivity contribution < 1.29 is 26.0 Å². The molecule has 0 atom stereocenters. The fourth-order valence-corrected chi connectivity index (χ4v) is 4.43. The van der Waals surface area contributed by atoms with E-state index in [0.29, 0.717) is 6.07 Å². The second-order valence-electron chi connectivity index (χ2n) is 5.30. The average molecular weight is 360 g/mol. The molecule has 1 aliphatic rings. The van der Waals surface area contributed by atoms with Gasteiger partial charge in [0, 0.05) is 6.04 Å². The molecule has 2 rings (SSSR count). The van der Waals surface area contributed by atoms with Crippen LogP contribution in [0.2, 0.25) is 0 Å². The monoisotopic (exact) mass is 359 g/mol. The van der Waals surface area contributed by atoms with Crippen LogP contribution in [0.1, 0.15) is 31.2 Å². The van der Waals surface area contributed by atoms with E-state index in [2.05, 4.69) is 4.84 Å². The second-order valence-corrected chi connectivity index (χ2v) is 7.72. The van der Waals surface area contributed by atoms with Crippen molar-refractivity contribution in [3.63, 3.8) is 0 Å². The summed E-state index contributed by atoms with van der Waals surface area (Å²) in [5.41, 5.74) is -1.12. The highest BCUT2D eigenvalue weighted by Crippen LogP contribution is 2.41. The normalized spacial score (nSPS) is 26.9. The molecule has 0 bridgehead atoms. The number of rotatable bonds is 3. The van der Waals surface area contributed by atoms with E-state index in [0.717, 1.165) is 18.2 Å². The van der Waals surface area contributed by atoms with Gasteiger partial charge in [-0.25, -0.2) is 17.6 Å². The second kappa shape index (κ2) is 5.98. The minimum Gasteiger partial charge on any atom is -0.230 e. The zero-order valence-electron chi connectivity index (χ0n) is 11.3. The first-order valence-corrected chi connectivity index (χ1v) is 8.43. The van der Waals surface area contributed by atoms with Gasteiger partial charge < -0.3 is 0 Å². The number of benzene rings is 1. The van der Waals surface area contributed by atoms with Crippen molar-refractivity contribution in [2.75, 3.05) is 0 Å². The maximum atomic E-state index is 14.8. The summed E-state index contributed by atoms with van der Waals surface area (Å²) in [6.45, 7) is 0. The molecular formula is C13H14ClF4NO2S. The van der Waals surface area contributed by atoms with Gasteiger partial charge in [0.1, 0.15) is 0 Å². The van der Waals surface area contributed by atoms with Gasteiger partial charge in [0.05, 0.1) is 10.5 Å². The Morgan fingerprint density at radius 2 is 1.82 bits per heavy atom. The lowest BCUT2D eigenvalue weighted by atomic mass is 9.94. The maximum Gasteiger partial charge on any atom is 0.416 e. The van der Waals surface area contributed by atoms with E-state index in [1.807, 2.05) is 0 Å². The van der Waals surface area contributed by atoms with Gasteiger partial charge >= 0.3 is 6.18 Å². The van der Waals surface area contributed by atoms with Gasteiger partial charge in [-0.1, -0.05) is 6.07 Å². The molecule has 124 valence electrons. The standard InChI is InChI=1S/C13H14ClF4NO2S/c14-19-10-4-6-12(15,7-5-10)22(20,21)11-3-1-2-9(8-11)13(16,17)18/h1-3,8,10,19H,4-7H2. The minimum atomic E-state index is -4.69. The molecule has 0 heterocycles. The lowest BCUT2D eigenvalue weighted by molar-refractivity contribution is -0.137. The SMILES string of the molecule is O=S(=O)(c1cccc(C(F)(F)F)c1)C1(F)CCC(NCl)CC1. The Kier molecular flexibility index (Phi) is 4.75. The highest BCUT2D eigenvalue weighted by atomic mass is 35.5. The third-order valence-corrected chi connectivity index (χ3v) is 6.39. The molecule has 0 unspecified atom stereocenters. The van der Waals surface area contributed by atoms with Crippen LogP contribution in [-0.2, 0) is 16.0 Å². The fourth-order valence-electron chi connectivity index (χ4n) is 2.48. The highest BCUT2D eigenvalue weighted by Gasteiger charge is 2.48. The van der Waals surface area contributed by atoms with Crippen molar-refractivity contribution in [2.45, 2.75) is 47.8 Å². The number of hydrogen-bond acceptors (Lipinski definition) is 3. The molecule has 0 aliphatic heterocycles. The molecular weight excluding hydrogens is 346 g/mol. The minimum absolute atomic E-state index is 0.193. The Bertz CT molecular complexity index is 640. The van der Waals surface area contributed by atoms with E-state index in [1.165, 1.54) is 0 Å². The zero-order valence-corrected chi connectivity index (χ0v) is 12.9. The van der Waals surface area contributed by atoms with Gasteiger partial charge in [0.15, 0.2) is 0 Å². The molecule has 0 amide bonds. The molecule has 0 spiro atoms. The third kappa shape index (κ3) is 3.23. The number of nitrogens with one attached hydrogen (secondary N) is 1. The first kappa shape index (κ1) is 17.5. The van der Waals surface area contributed by atoms with Gasteiger partial charge in [0.25, 0.3) is 0 Å². The van der Waals surface area contributed by atoms with Crippen LogP contribution in [0.25, 0.3) is 0 Å². The lowest BCUT2D eigenvalue weighted by Crippen LogP contribution is -2.41. The van der Waals surface area contributed by atoms with E-state index in [4.69, 9.17) is 11.8 Å². The Labute approximate surface area is 130 Å². The molecule has 1 aliphatic carbocycles. The Morgan fingerprint density at radius 1 is 1.23 bits per heavy atom. The Morgan fingerprint density at radius 3 is 2.32 bits per heavy atom. The van der Waals surface area contributed by atoms with Crippen molar-refractivity contribution in [1.29, 1.82) is 0 Å². The van der Waals surface area contributed by atoms with Crippen molar-refractivity contribution in [2.24, 2.45) is 0 Å². The summed E-state index contributed by atoms with van der Waals surface area (Å²) in [6, 6.07) is 2.96. The van der Waals surface area contributed by atoms with E-state index in [-0.39, 0.29) is 31.7 Å². The fraction of sp³-hybridized carbons (Fsp3) is 0.538. The molecule has 1 N–H and O–H groups in total. The summed E-state index contributed by atoms with van der Waals surface area (Å²) in [7, 11) is -4.51. The van der Waals surface area contributed by atoms with Gasteiger partial charge in [-0.05, 0) is 55.7 Å².